The maximum absolute atomic E-state index is 13.0. The lowest BCUT2D eigenvalue weighted by atomic mass is 9.59. The van der Waals surface area contributed by atoms with Crippen LogP contribution < -0.4 is 15.1 Å². The van der Waals surface area contributed by atoms with Crippen molar-refractivity contribution >= 4 is 11.6 Å². The summed E-state index contributed by atoms with van der Waals surface area (Å²) in [5.74, 6) is 0.138. The van der Waals surface area contributed by atoms with Crippen molar-refractivity contribution in [1.29, 1.82) is 0 Å². The van der Waals surface area contributed by atoms with Crippen LogP contribution in [0.5, 0.6) is 0 Å². The third kappa shape index (κ3) is 1.18. The van der Waals surface area contributed by atoms with Gasteiger partial charge in [-0.3, -0.25) is 14.6 Å². The van der Waals surface area contributed by atoms with E-state index in [1.54, 1.807) is 0 Å². The Labute approximate surface area is 129 Å². The summed E-state index contributed by atoms with van der Waals surface area (Å²) in [6, 6.07) is 8.13. The molecule has 1 aromatic carbocycles. The van der Waals surface area contributed by atoms with Gasteiger partial charge < -0.3 is 10.4 Å². The number of fused-ring (bicyclic) bond motifs is 1. The van der Waals surface area contributed by atoms with Crippen molar-refractivity contribution in [2.45, 2.75) is 25.6 Å². The number of piperidine rings is 2. The van der Waals surface area contributed by atoms with Gasteiger partial charge in [-0.05, 0) is 26.0 Å². The number of hydrogen-bond donors (Lipinski definition) is 4. The zero-order valence-corrected chi connectivity index (χ0v) is 13.1. The number of benzene rings is 1. The standard InChI is InChI=1S/C17H21N3O2/c1-15-7-19-9-16(2,13(15)21)10-20(8-15)17(19)11-5-3-4-6-12(11)18-14(17)22/h3-6,13,21H,7-10H2,1-2H3,(H,18,22)/p+2. The quantitative estimate of drug-likeness (QED) is 0.447. The van der Waals surface area contributed by atoms with Gasteiger partial charge in [0.2, 0.25) is 0 Å². The molecule has 0 unspecified atom stereocenters. The van der Waals surface area contributed by atoms with Crippen LogP contribution >= 0.6 is 0 Å². The van der Waals surface area contributed by atoms with Gasteiger partial charge in [0.1, 0.15) is 5.56 Å². The van der Waals surface area contributed by atoms with Gasteiger partial charge in [-0.1, -0.05) is 12.1 Å². The Kier molecular flexibility index (Phi) is 2.11. The van der Waals surface area contributed by atoms with Crippen molar-refractivity contribution in [3.63, 3.8) is 0 Å². The number of para-hydroxylation sites is 1. The number of quaternary nitrogens is 2. The maximum Gasteiger partial charge on any atom is 0.351 e. The average Bonchev–Trinajstić information content (AvgIpc) is 2.74. The van der Waals surface area contributed by atoms with Crippen molar-refractivity contribution in [1.82, 2.24) is 0 Å². The van der Waals surface area contributed by atoms with Crippen LogP contribution in [-0.4, -0.2) is 43.3 Å². The highest BCUT2D eigenvalue weighted by Crippen LogP contribution is 2.43. The van der Waals surface area contributed by atoms with Crippen molar-refractivity contribution < 1.29 is 19.7 Å². The van der Waals surface area contributed by atoms with Crippen molar-refractivity contribution in [3.8, 4) is 0 Å². The first kappa shape index (κ1) is 13.0. The topological polar surface area (TPSA) is 58.2 Å². The molecule has 0 atom stereocenters. The molecule has 116 valence electrons. The second-order valence-electron chi connectivity index (χ2n) is 8.37. The number of carbonyl (C=O) groups is 1. The molecule has 0 saturated carbocycles. The summed E-state index contributed by atoms with van der Waals surface area (Å²) in [4.78, 5) is 15.7. The Balaban J connectivity index is 1.72. The molecular formula is C17H23N3O2+2. The molecule has 5 nitrogen and oxygen atoms in total. The molecule has 0 aliphatic carbocycles. The monoisotopic (exact) mass is 301 g/mol. The molecule has 5 heteroatoms. The van der Waals surface area contributed by atoms with Gasteiger partial charge in [0, 0.05) is 0 Å². The smallest absolute Gasteiger partial charge is 0.351 e. The van der Waals surface area contributed by atoms with Crippen LogP contribution in [0.1, 0.15) is 19.4 Å². The Bertz CT molecular complexity index is 663. The van der Waals surface area contributed by atoms with Crippen LogP contribution in [0, 0.1) is 10.8 Å². The summed E-state index contributed by atoms with van der Waals surface area (Å²) in [7, 11) is 0. The van der Waals surface area contributed by atoms with E-state index in [0.29, 0.717) is 0 Å². The van der Waals surface area contributed by atoms with Crippen LogP contribution in [0.2, 0.25) is 0 Å². The highest BCUT2D eigenvalue weighted by Gasteiger charge is 2.77. The lowest BCUT2D eigenvalue weighted by molar-refractivity contribution is -1.21. The van der Waals surface area contributed by atoms with E-state index in [9.17, 15) is 9.90 Å². The third-order valence-corrected chi connectivity index (χ3v) is 6.77. The van der Waals surface area contributed by atoms with Crippen LogP contribution in [0.25, 0.3) is 0 Å². The van der Waals surface area contributed by atoms with E-state index < -0.39 is 5.66 Å². The van der Waals surface area contributed by atoms with Crippen LogP contribution in [0.15, 0.2) is 24.3 Å². The normalized spacial score (nSPS) is 51.2. The van der Waals surface area contributed by atoms with Gasteiger partial charge in [-0.2, -0.15) is 0 Å². The molecule has 1 amide bonds. The van der Waals surface area contributed by atoms with Gasteiger partial charge in [-0.15, -0.1) is 0 Å². The number of carbonyl (C=O) groups excluding carboxylic acids is 1. The number of aliphatic hydroxyl groups is 1. The maximum atomic E-state index is 13.0. The number of nitrogens with one attached hydrogen (secondary N) is 3. The van der Waals surface area contributed by atoms with Gasteiger partial charge in [0.05, 0.1) is 48.8 Å². The third-order valence-electron chi connectivity index (χ3n) is 6.77. The van der Waals surface area contributed by atoms with E-state index in [-0.39, 0.29) is 22.8 Å². The van der Waals surface area contributed by atoms with Gasteiger partial charge in [-0.25, -0.2) is 0 Å². The number of rotatable bonds is 0. The summed E-state index contributed by atoms with van der Waals surface area (Å²) in [5, 5.41) is 13.9. The Hall–Kier alpha value is -1.43. The van der Waals surface area contributed by atoms with Crippen molar-refractivity contribution in [2.24, 2.45) is 10.8 Å². The molecule has 5 aliphatic rings. The van der Waals surface area contributed by atoms with Crippen molar-refractivity contribution in [2.75, 3.05) is 31.5 Å². The summed E-state index contributed by atoms with van der Waals surface area (Å²) in [6.07, 6.45) is -0.260. The molecule has 4 N–H and O–H groups in total. The number of amides is 1. The molecule has 0 aromatic heterocycles. The summed E-state index contributed by atoms with van der Waals surface area (Å²) in [6.45, 7) is 7.87. The number of hydrogen-bond acceptors (Lipinski definition) is 2. The van der Waals surface area contributed by atoms with Gasteiger partial charge >= 0.3 is 11.6 Å². The van der Waals surface area contributed by atoms with Gasteiger partial charge in [0.25, 0.3) is 0 Å². The van der Waals surface area contributed by atoms with E-state index in [1.807, 2.05) is 18.2 Å². The highest BCUT2D eigenvalue weighted by molar-refractivity contribution is 6.03. The highest BCUT2D eigenvalue weighted by atomic mass is 16.3. The fourth-order valence-corrected chi connectivity index (χ4v) is 6.17. The van der Waals surface area contributed by atoms with E-state index in [2.05, 4.69) is 25.2 Å². The average molecular weight is 301 g/mol. The predicted octanol–water partition coefficient (Wildman–Crippen LogP) is -2.02. The minimum absolute atomic E-state index is 0.0843. The zero-order chi connectivity index (χ0) is 15.3. The zero-order valence-electron chi connectivity index (χ0n) is 13.1. The minimum atomic E-state index is -0.504. The van der Waals surface area contributed by atoms with Crippen LogP contribution in [-0.2, 0) is 10.5 Å². The molecule has 4 saturated heterocycles. The van der Waals surface area contributed by atoms with Gasteiger partial charge in [0.15, 0.2) is 0 Å². The fraction of sp³-hybridized carbons (Fsp3) is 0.588. The Morgan fingerprint density at radius 2 is 1.64 bits per heavy atom. The fourth-order valence-electron chi connectivity index (χ4n) is 6.17. The van der Waals surface area contributed by atoms with E-state index in [0.717, 1.165) is 37.4 Å². The molecule has 22 heavy (non-hydrogen) atoms. The SMILES string of the molecule is CC12C[NH+]3CC(C)(C[NH+](C1)C31C(=O)Nc3ccccc31)C2O. The Morgan fingerprint density at radius 3 is 2.23 bits per heavy atom. The van der Waals surface area contributed by atoms with E-state index in [1.165, 1.54) is 9.80 Å². The lowest BCUT2D eigenvalue weighted by Crippen LogP contribution is -3.48. The molecule has 4 fully saturated rings. The minimum Gasteiger partial charge on any atom is -0.391 e. The second-order valence-corrected chi connectivity index (χ2v) is 8.37. The first-order valence-corrected chi connectivity index (χ1v) is 8.20. The molecule has 5 aliphatic heterocycles. The molecule has 4 bridgehead atoms. The van der Waals surface area contributed by atoms with Crippen molar-refractivity contribution in [3.05, 3.63) is 29.8 Å². The van der Waals surface area contributed by atoms with E-state index >= 15 is 0 Å². The molecule has 0 radical (unpaired) electrons. The Morgan fingerprint density at radius 1 is 1.09 bits per heavy atom. The molecule has 1 spiro atoms. The van der Waals surface area contributed by atoms with Crippen LogP contribution in [0.3, 0.4) is 0 Å². The molecule has 5 heterocycles. The summed E-state index contributed by atoms with van der Waals surface area (Å²) in [5.41, 5.74) is 1.44. The first-order valence-electron chi connectivity index (χ1n) is 8.20. The lowest BCUT2D eigenvalue weighted by Gasteiger charge is -2.64. The largest absolute Gasteiger partial charge is 0.391 e. The molecule has 6 rings (SSSR count). The predicted molar refractivity (Wildman–Crippen MR) is 80.4 cm³/mol. The summed E-state index contributed by atoms with van der Waals surface area (Å²) >= 11 is 0. The van der Waals surface area contributed by atoms with Crippen LogP contribution in [0.4, 0.5) is 5.69 Å². The molecule has 1 aromatic rings. The van der Waals surface area contributed by atoms with E-state index in [4.69, 9.17) is 0 Å². The second kappa shape index (κ2) is 3.55. The molecular weight excluding hydrogens is 278 g/mol. The first-order chi connectivity index (χ1) is 10.4. The number of aliphatic hydroxyl groups excluding tert-OH is 1. The number of anilines is 1. The summed E-state index contributed by atoms with van der Waals surface area (Å²) < 4.78 is 0.